The van der Waals surface area contributed by atoms with Crippen LogP contribution in [0.3, 0.4) is 0 Å². The van der Waals surface area contributed by atoms with Gasteiger partial charge in [0, 0.05) is 35.0 Å². The minimum Gasteiger partial charge on any atom is -0.351 e. The van der Waals surface area contributed by atoms with Gasteiger partial charge in [0.15, 0.2) is 0 Å². The second kappa shape index (κ2) is 6.91. The van der Waals surface area contributed by atoms with Crippen LogP contribution in [0.1, 0.15) is 16.8 Å². The van der Waals surface area contributed by atoms with E-state index in [2.05, 4.69) is 33.4 Å². The molecule has 0 bridgehead atoms. The number of rotatable bonds is 4. The first kappa shape index (κ1) is 17.2. The number of carbonyl (C=O) groups excluding carboxylic acids is 1. The van der Waals surface area contributed by atoms with Crippen molar-refractivity contribution in [3.63, 3.8) is 0 Å². The normalized spacial score (nSPS) is 11.7. The number of hydrogen-bond donors (Lipinski definition) is 2. The quantitative estimate of drug-likeness (QED) is 0.491. The van der Waals surface area contributed by atoms with Crippen LogP contribution < -0.4 is 10.6 Å². The van der Waals surface area contributed by atoms with Gasteiger partial charge in [-0.25, -0.2) is 4.79 Å². The van der Waals surface area contributed by atoms with Crippen LogP contribution >= 0.6 is 0 Å². The predicted molar refractivity (Wildman–Crippen MR) is 112 cm³/mol. The van der Waals surface area contributed by atoms with Crippen molar-refractivity contribution in [1.82, 2.24) is 15.2 Å². The van der Waals surface area contributed by atoms with Gasteiger partial charge < -0.3 is 5.73 Å². The van der Waals surface area contributed by atoms with E-state index < -0.39 is 6.03 Å². The van der Waals surface area contributed by atoms with Crippen molar-refractivity contribution in [1.29, 1.82) is 0 Å². The molecule has 6 heteroatoms. The number of primary amides is 1. The zero-order valence-corrected chi connectivity index (χ0v) is 15.7. The van der Waals surface area contributed by atoms with Gasteiger partial charge in [0.1, 0.15) is 0 Å². The number of anilines is 1. The SMILES string of the molecule is NC(=O)N(Cc1ccccn1)c1ccc(-c2n[nH]c3c2Cc2ccccc2-3)cc1. The fraction of sp³-hybridized carbons (Fsp3) is 0.0870. The third-order valence-electron chi connectivity index (χ3n) is 5.29. The van der Waals surface area contributed by atoms with Crippen molar-refractivity contribution in [2.75, 3.05) is 4.90 Å². The lowest BCUT2D eigenvalue weighted by Crippen LogP contribution is -2.35. The number of pyridine rings is 1. The van der Waals surface area contributed by atoms with Crippen LogP contribution in [0.25, 0.3) is 22.5 Å². The van der Waals surface area contributed by atoms with Gasteiger partial charge in [0.25, 0.3) is 0 Å². The van der Waals surface area contributed by atoms with E-state index >= 15 is 0 Å². The average molecular weight is 381 g/mol. The van der Waals surface area contributed by atoms with Crippen molar-refractivity contribution in [3.8, 4) is 22.5 Å². The predicted octanol–water partition coefficient (Wildman–Crippen LogP) is 4.13. The summed E-state index contributed by atoms with van der Waals surface area (Å²) in [7, 11) is 0. The first-order valence-electron chi connectivity index (χ1n) is 9.43. The van der Waals surface area contributed by atoms with Gasteiger partial charge >= 0.3 is 6.03 Å². The van der Waals surface area contributed by atoms with Crippen LogP contribution in [0.15, 0.2) is 72.9 Å². The summed E-state index contributed by atoms with van der Waals surface area (Å²) in [5.41, 5.74) is 13.9. The first-order chi connectivity index (χ1) is 14.2. The fourth-order valence-electron chi connectivity index (χ4n) is 3.86. The molecule has 2 aromatic carbocycles. The third kappa shape index (κ3) is 3.04. The number of aromatic amines is 1. The number of aromatic nitrogens is 3. The van der Waals surface area contributed by atoms with Crippen molar-refractivity contribution in [3.05, 3.63) is 89.7 Å². The van der Waals surface area contributed by atoms with Gasteiger partial charge in [-0.3, -0.25) is 15.0 Å². The van der Waals surface area contributed by atoms with E-state index in [9.17, 15) is 4.79 Å². The molecule has 0 fully saturated rings. The molecule has 0 unspecified atom stereocenters. The molecule has 1 aliphatic carbocycles. The Bertz CT molecular complexity index is 1180. The number of amides is 2. The first-order valence-corrected chi connectivity index (χ1v) is 9.43. The Morgan fingerprint density at radius 1 is 1.03 bits per heavy atom. The molecule has 4 aromatic rings. The lowest BCUT2D eigenvalue weighted by molar-refractivity contribution is 0.253. The van der Waals surface area contributed by atoms with Crippen molar-refractivity contribution < 1.29 is 4.79 Å². The number of fused-ring (bicyclic) bond motifs is 3. The Hall–Kier alpha value is -3.93. The van der Waals surface area contributed by atoms with Gasteiger partial charge in [-0.2, -0.15) is 5.10 Å². The molecule has 6 nitrogen and oxygen atoms in total. The van der Waals surface area contributed by atoms with Crippen molar-refractivity contribution in [2.45, 2.75) is 13.0 Å². The maximum atomic E-state index is 12.0. The highest BCUT2D eigenvalue weighted by atomic mass is 16.2. The number of carbonyl (C=O) groups is 1. The monoisotopic (exact) mass is 381 g/mol. The van der Waals surface area contributed by atoms with Crippen LogP contribution in [-0.2, 0) is 13.0 Å². The molecule has 5 rings (SSSR count). The number of urea groups is 1. The van der Waals surface area contributed by atoms with Crippen LogP contribution in [-0.4, -0.2) is 21.2 Å². The molecule has 0 atom stereocenters. The van der Waals surface area contributed by atoms with Crippen LogP contribution in [0.4, 0.5) is 10.5 Å². The van der Waals surface area contributed by atoms with Gasteiger partial charge in [0.05, 0.1) is 23.6 Å². The minimum atomic E-state index is -0.514. The summed E-state index contributed by atoms with van der Waals surface area (Å²) in [6.07, 6.45) is 2.57. The second-order valence-corrected chi connectivity index (χ2v) is 7.05. The molecule has 1 aliphatic rings. The number of nitrogens with two attached hydrogens (primary N) is 1. The summed E-state index contributed by atoms with van der Waals surface area (Å²) < 4.78 is 0. The summed E-state index contributed by atoms with van der Waals surface area (Å²) in [5, 5.41) is 7.73. The number of nitrogens with one attached hydrogen (secondary N) is 1. The molecular weight excluding hydrogens is 362 g/mol. The van der Waals surface area contributed by atoms with Crippen molar-refractivity contribution in [2.24, 2.45) is 5.73 Å². The molecule has 2 heterocycles. The van der Waals surface area contributed by atoms with Gasteiger partial charge in [0.2, 0.25) is 0 Å². The zero-order valence-electron chi connectivity index (χ0n) is 15.7. The number of H-pyrrole nitrogens is 1. The van der Waals surface area contributed by atoms with E-state index in [-0.39, 0.29) is 0 Å². The molecule has 0 saturated heterocycles. The maximum absolute atomic E-state index is 12.0. The molecule has 0 radical (unpaired) electrons. The van der Waals surface area contributed by atoms with Gasteiger partial charge in [-0.1, -0.05) is 42.5 Å². The molecule has 29 heavy (non-hydrogen) atoms. The average Bonchev–Trinajstić information content (AvgIpc) is 3.32. The summed E-state index contributed by atoms with van der Waals surface area (Å²) >= 11 is 0. The van der Waals surface area contributed by atoms with Gasteiger partial charge in [-0.05, 0) is 29.8 Å². The molecule has 0 aliphatic heterocycles. The Morgan fingerprint density at radius 3 is 2.59 bits per heavy atom. The lowest BCUT2D eigenvalue weighted by atomic mass is 10.0. The molecule has 3 N–H and O–H groups in total. The van der Waals surface area contributed by atoms with E-state index in [0.717, 1.165) is 34.8 Å². The molecule has 142 valence electrons. The summed E-state index contributed by atoms with van der Waals surface area (Å²) in [4.78, 5) is 17.8. The Kier molecular flexibility index (Phi) is 4.09. The molecule has 2 amide bonds. The molecule has 0 saturated carbocycles. The molecule has 2 aromatic heterocycles. The van der Waals surface area contributed by atoms with E-state index in [0.29, 0.717) is 6.54 Å². The van der Waals surface area contributed by atoms with Gasteiger partial charge in [-0.15, -0.1) is 0 Å². The highest BCUT2D eigenvalue weighted by Gasteiger charge is 2.24. The highest BCUT2D eigenvalue weighted by molar-refractivity contribution is 5.91. The Balaban J connectivity index is 1.44. The molecule has 0 spiro atoms. The third-order valence-corrected chi connectivity index (χ3v) is 5.29. The maximum Gasteiger partial charge on any atom is 0.319 e. The summed E-state index contributed by atoms with van der Waals surface area (Å²) in [5.74, 6) is 0. The highest BCUT2D eigenvalue weighted by Crippen LogP contribution is 2.40. The second-order valence-electron chi connectivity index (χ2n) is 7.05. The number of benzene rings is 2. The fourth-order valence-corrected chi connectivity index (χ4v) is 3.86. The smallest absolute Gasteiger partial charge is 0.319 e. The van der Waals surface area contributed by atoms with Crippen LogP contribution in [0, 0.1) is 0 Å². The van der Waals surface area contributed by atoms with Crippen LogP contribution in [0.2, 0.25) is 0 Å². The standard InChI is InChI=1S/C23H19N5O/c24-23(29)28(14-17-6-3-4-12-25-17)18-10-8-15(9-11-18)21-20-13-16-5-1-2-7-19(16)22(20)27-26-21/h1-12H,13-14H2,(H2,24,29)(H,26,27). The number of hydrogen-bond acceptors (Lipinski definition) is 3. The van der Waals surface area contributed by atoms with E-state index in [1.54, 1.807) is 6.20 Å². The Morgan fingerprint density at radius 2 is 1.83 bits per heavy atom. The molecular formula is C23H19N5O. The number of nitrogens with zero attached hydrogens (tertiary/aromatic N) is 3. The zero-order chi connectivity index (χ0) is 19.8. The minimum absolute atomic E-state index is 0.322. The van der Waals surface area contributed by atoms with E-state index in [1.165, 1.54) is 21.6 Å². The summed E-state index contributed by atoms with van der Waals surface area (Å²) in [6.45, 7) is 0.322. The van der Waals surface area contributed by atoms with E-state index in [1.807, 2.05) is 48.5 Å². The topological polar surface area (TPSA) is 87.9 Å². The summed E-state index contributed by atoms with van der Waals surface area (Å²) in [6, 6.07) is 21.2. The largest absolute Gasteiger partial charge is 0.351 e. The van der Waals surface area contributed by atoms with Crippen LogP contribution in [0.5, 0.6) is 0 Å². The lowest BCUT2D eigenvalue weighted by Gasteiger charge is -2.20. The van der Waals surface area contributed by atoms with E-state index in [4.69, 9.17) is 5.73 Å². The Labute approximate surface area is 168 Å². The van der Waals surface area contributed by atoms with Crippen molar-refractivity contribution >= 4 is 11.7 Å².